The van der Waals surface area contributed by atoms with Crippen LogP contribution in [0.15, 0.2) is 60.8 Å². The molecule has 156 valence electrons. The number of nitrogens with zero attached hydrogens (tertiary/aromatic N) is 1. The van der Waals surface area contributed by atoms with E-state index in [1.807, 2.05) is 0 Å². The minimum absolute atomic E-state index is 0.0639. The van der Waals surface area contributed by atoms with Gasteiger partial charge in [-0.1, -0.05) is 82.8 Å². The van der Waals surface area contributed by atoms with Crippen LogP contribution in [0, 0.1) is 12.3 Å². The van der Waals surface area contributed by atoms with Crippen LogP contribution in [0.1, 0.15) is 81.0 Å². The van der Waals surface area contributed by atoms with Crippen LogP contribution in [0.4, 0.5) is 0 Å². The van der Waals surface area contributed by atoms with E-state index in [2.05, 4.69) is 102 Å². The van der Waals surface area contributed by atoms with Crippen LogP contribution in [0.2, 0.25) is 0 Å². The van der Waals surface area contributed by atoms with E-state index in [1.54, 1.807) is 0 Å². The van der Waals surface area contributed by atoms with Crippen molar-refractivity contribution in [3.63, 3.8) is 0 Å². The second-order valence-corrected chi connectivity index (χ2v) is 9.70. The van der Waals surface area contributed by atoms with Gasteiger partial charge in [-0.25, -0.2) is 0 Å². The predicted octanol–water partition coefficient (Wildman–Crippen LogP) is 7.47. The Bertz CT molecular complexity index is 847. The summed E-state index contributed by atoms with van der Waals surface area (Å²) in [7, 11) is 2.27. The van der Waals surface area contributed by atoms with Crippen molar-refractivity contribution in [1.29, 1.82) is 0 Å². The molecule has 0 N–H and O–H groups in total. The highest BCUT2D eigenvalue weighted by molar-refractivity contribution is 5.34. The van der Waals surface area contributed by atoms with Gasteiger partial charge in [0.05, 0.1) is 0 Å². The first-order valence-corrected chi connectivity index (χ1v) is 11.3. The zero-order chi connectivity index (χ0) is 21.2. The largest absolute Gasteiger partial charge is 0.374 e. The van der Waals surface area contributed by atoms with Crippen LogP contribution in [-0.4, -0.2) is 18.0 Å². The van der Waals surface area contributed by atoms with Crippen molar-refractivity contribution in [1.82, 2.24) is 4.90 Å². The lowest BCUT2D eigenvalue weighted by molar-refractivity contribution is 0.184. The molecular formula is C28H39N. The third-order valence-corrected chi connectivity index (χ3v) is 7.41. The van der Waals surface area contributed by atoms with Crippen molar-refractivity contribution in [3.05, 3.63) is 83.1 Å². The Hall–Kier alpha value is -2.02. The van der Waals surface area contributed by atoms with Crippen molar-refractivity contribution in [3.8, 4) is 0 Å². The van der Waals surface area contributed by atoms with Crippen LogP contribution in [0.3, 0.4) is 0 Å². The molecule has 3 rings (SSSR count). The molecule has 0 spiro atoms. The minimum Gasteiger partial charge on any atom is -0.374 e. The van der Waals surface area contributed by atoms with Gasteiger partial charge in [0.1, 0.15) is 0 Å². The Balaban J connectivity index is 1.77. The van der Waals surface area contributed by atoms with Gasteiger partial charge in [0.15, 0.2) is 0 Å². The molecule has 0 fully saturated rings. The number of fused-ring (bicyclic) bond motifs is 1. The molecule has 0 heterocycles. The molecule has 1 aliphatic rings. The molecule has 2 aromatic carbocycles. The van der Waals surface area contributed by atoms with Crippen molar-refractivity contribution < 1.29 is 0 Å². The van der Waals surface area contributed by atoms with Crippen LogP contribution < -0.4 is 0 Å². The summed E-state index contributed by atoms with van der Waals surface area (Å²) in [5, 5.41) is 0. The Labute approximate surface area is 178 Å². The van der Waals surface area contributed by atoms with Gasteiger partial charge in [0.2, 0.25) is 0 Å². The number of aryl methyl sites for hydroxylation is 2. The van der Waals surface area contributed by atoms with Crippen LogP contribution >= 0.6 is 0 Å². The summed E-state index contributed by atoms with van der Waals surface area (Å²) in [6.07, 6.45) is 4.68. The molecule has 2 aromatic rings. The zero-order valence-electron chi connectivity index (χ0n) is 19.3. The highest BCUT2D eigenvalue weighted by atomic mass is 15.2. The van der Waals surface area contributed by atoms with Crippen LogP contribution in [0.25, 0.3) is 0 Å². The molecule has 2 unspecified atom stereocenters. The molecule has 1 heteroatoms. The monoisotopic (exact) mass is 389 g/mol. The molecule has 0 saturated carbocycles. The van der Waals surface area contributed by atoms with Gasteiger partial charge in [-0.2, -0.15) is 0 Å². The molecule has 0 saturated heterocycles. The number of benzene rings is 2. The maximum absolute atomic E-state index is 4.62. The number of allylic oxidation sites excluding steroid dienone is 1. The Morgan fingerprint density at radius 2 is 1.79 bits per heavy atom. The average molecular weight is 390 g/mol. The highest BCUT2D eigenvalue weighted by Gasteiger charge is 2.35. The van der Waals surface area contributed by atoms with Gasteiger partial charge in [0, 0.05) is 30.1 Å². The maximum Gasteiger partial charge on any atom is 0.0352 e. The van der Waals surface area contributed by atoms with Crippen LogP contribution in [-0.2, 0) is 6.42 Å². The molecule has 0 bridgehead atoms. The molecule has 1 nitrogen and oxygen atoms in total. The average Bonchev–Trinajstić information content (AvgIpc) is 2.72. The topological polar surface area (TPSA) is 3.24 Å². The highest BCUT2D eigenvalue weighted by Crippen LogP contribution is 2.43. The van der Waals surface area contributed by atoms with Gasteiger partial charge in [0.25, 0.3) is 0 Å². The van der Waals surface area contributed by atoms with Gasteiger partial charge in [-0.15, -0.1) is 0 Å². The zero-order valence-corrected chi connectivity index (χ0v) is 19.3. The number of hydrogen-bond acceptors (Lipinski definition) is 1. The normalized spacial score (nSPS) is 20.1. The summed E-state index contributed by atoms with van der Waals surface area (Å²) >= 11 is 0. The van der Waals surface area contributed by atoms with E-state index in [1.165, 1.54) is 47.2 Å². The fourth-order valence-electron chi connectivity index (χ4n) is 5.43. The summed E-state index contributed by atoms with van der Waals surface area (Å²) in [5.74, 6) is 1.11. The van der Waals surface area contributed by atoms with E-state index in [0.29, 0.717) is 17.9 Å². The fourth-order valence-corrected chi connectivity index (χ4v) is 5.43. The number of likely N-dealkylation sites (N-methyl/N-ethyl adjacent to an activating group) is 1. The second-order valence-electron chi connectivity index (χ2n) is 9.70. The standard InChI is InChI=1S/C28H39N/c1-8-23(25-15-11-9-13-20(25)2)19-28(5,6)22(4)29(7)27-18-17-24-14-10-12-16-26(24)21(27)3/h9-16,21,23,27H,4,8,17-19H2,1-3,5-7H3/t21-,23?,27?/m0/s1. The van der Waals surface area contributed by atoms with E-state index < -0.39 is 0 Å². The number of rotatable bonds is 7. The van der Waals surface area contributed by atoms with E-state index in [4.69, 9.17) is 0 Å². The molecule has 3 atom stereocenters. The summed E-state index contributed by atoms with van der Waals surface area (Å²) in [5.41, 5.74) is 7.30. The quantitative estimate of drug-likeness (QED) is 0.475. The molecule has 0 amide bonds. The fraction of sp³-hybridized carbons (Fsp3) is 0.500. The van der Waals surface area contributed by atoms with Crippen LogP contribution in [0.5, 0.6) is 0 Å². The molecule has 0 aromatic heterocycles. The van der Waals surface area contributed by atoms with Gasteiger partial charge in [-0.3, -0.25) is 0 Å². The third-order valence-electron chi connectivity index (χ3n) is 7.41. The Morgan fingerprint density at radius 3 is 2.48 bits per heavy atom. The molecular weight excluding hydrogens is 350 g/mol. The Kier molecular flexibility index (Phi) is 6.56. The Morgan fingerprint density at radius 1 is 1.14 bits per heavy atom. The van der Waals surface area contributed by atoms with Crippen molar-refractivity contribution in [2.75, 3.05) is 7.05 Å². The van der Waals surface area contributed by atoms with E-state index >= 15 is 0 Å². The van der Waals surface area contributed by atoms with Crippen molar-refractivity contribution >= 4 is 0 Å². The molecule has 29 heavy (non-hydrogen) atoms. The summed E-state index contributed by atoms with van der Waals surface area (Å²) < 4.78 is 0. The summed E-state index contributed by atoms with van der Waals surface area (Å²) in [6, 6.07) is 18.4. The second kappa shape index (κ2) is 8.78. The molecule has 0 radical (unpaired) electrons. The van der Waals surface area contributed by atoms with Gasteiger partial charge < -0.3 is 4.90 Å². The number of hydrogen-bond donors (Lipinski definition) is 0. The molecule has 1 aliphatic carbocycles. The van der Waals surface area contributed by atoms with Crippen molar-refractivity contribution in [2.45, 2.75) is 78.2 Å². The smallest absolute Gasteiger partial charge is 0.0352 e. The summed E-state index contributed by atoms with van der Waals surface area (Å²) in [6.45, 7) is 16.3. The van der Waals surface area contributed by atoms with Gasteiger partial charge >= 0.3 is 0 Å². The van der Waals surface area contributed by atoms with E-state index in [0.717, 1.165) is 6.42 Å². The SMILES string of the molecule is C=C(N(C)C1CCc2ccccc2[C@@H]1C)C(C)(C)CC(CC)c1ccccc1C. The van der Waals surface area contributed by atoms with Crippen molar-refractivity contribution in [2.24, 2.45) is 5.41 Å². The maximum atomic E-state index is 4.62. The third kappa shape index (κ3) is 4.44. The van der Waals surface area contributed by atoms with Gasteiger partial charge in [-0.05, 0) is 60.8 Å². The lowest BCUT2D eigenvalue weighted by atomic mass is 9.74. The lowest BCUT2D eigenvalue weighted by Crippen LogP contribution is -2.41. The first-order chi connectivity index (χ1) is 13.8. The van der Waals surface area contributed by atoms with E-state index in [-0.39, 0.29) is 5.41 Å². The molecule has 0 aliphatic heterocycles. The first-order valence-electron chi connectivity index (χ1n) is 11.3. The summed E-state index contributed by atoms with van der Waals surface area (Å²) in [4.78, 5) is 2.51. The lowest BCUT2D eigenvalue weighted by Gasteiger charge is -2.45. The predicted molar refractivity (Wildman–Crippen MR) is 126 cm³/mol. The van der Waals surface area contributed by atoms with E-state index in [9.17, 15) is 0 Å². The minimum atomic E-state index is 0.0639. The first kappa shape index (κ1) is 21.7.